The largest absolute Gasteiger partial charge is 0.383 e. The first-order valence-corrected chi connectivity index (χ1v) is 5.87. The third kappa shape index (κ3) is 4.65. The van der Waals surface area contributed by atoms with E-state index in [-0.39, 0.29) is 11.2 Å². The van der Waals surface area contributed by atoms with E-state index in [9.17, 15) is 4.39 Å². The van der Waals surface area contributed by atoms with Gasteiger partial charge in [-0.1, -0.05) is 36.7 Å². The van der Waals surface area contributed by atoms with E-state index < -0.39 is 0 Å². The van der Waals surface area contributed by atoms with E-state index in [1.807, 2.05) is 6.07 Å². The second kappa shape index (κ2) is 4.97. The Morgan fingerprint density at radius 2 is 2.00 bits per heavy atom. The fourth-order valence-electron chi connectivity index (χ4n) is 1.21. The van der Waals surface area contributed by atoms with Crippen molar-refractivity contribution in [2.45, 2.75) is 27.2 Å². The highest BCUT2D eigenvalue weighted by Gasteiger charge is 2.09. The summed E-state index contributed by atoms with van der Waals surface area (Å²) in [6.07, 6.45) is 1.02. The van der Waals surface area contributed by atoms with Gasteiger partial charge in [-0.25, -0.2) is 4.39 Å². The molecule has 0 radical (unpaired) electrons. The molecule has 0 aliphatic rings. The van der Waals surface area contributed by atoms with Crippen LogP contribution in [-0.2, 0) is 0 Å². The zero-order valence-electron chi connectivity index (χ0n) is 9.40. The molecule has 0 atom stereocenters. The molecule has 1 rings (SSSR count). The summed E-state index contributed by atoms with van der Waals surface area (Å²) in [5.74, 6) is -0.210. The third-order valence-corrected chi connectivity index (χ3v) is 2.61. The lowest BCUT2D eigenvalue weighted by molar-refractivity contribution is 0.389. The van der Waals surface area contributed by atoms with Gasteiger partial charge in [0.15, 0.2) is 0 Å². The Hall–Kier alpha value is -0.570. The number of anilines is 1. The first-order valence-electron chi connectivity index (χ1n) is 5.07. The second-order valence-electron chi connectivity index (χ2n) is 4.86. The van der Waals surface area contributed by atoms with Gasteiger partial charge in [-0.3, -0.25) is 0 Å². The predicted molar refractivity (Wildman–Crippen MR) is 66.7 cm³/mol. The average molecular weight is 274 g/mol. The Kier molecular flexibility index (Phi) is 4.14. The highest BCUT2D eigenvalue weighted by molar-refractivity contribution is 9.10. The minimum absolute atomic E-state index is 0.210. The van der Waals surface area contributed by atoms with E-state index in [2.05, 4.69) is 42.0 Å². The van der Waals surface area contributed by atoms with E-state index in [0.717, 1.165) is 17.4 Å². The summed E-state index contributed by atoms with van der Waals surface area (Å²) in [6.45, 7) is 7.31. The van der Waals surface area contributed by atoms with E-state index in [1.165, 1.54) is 6.07 Å². The molecule has 0 bridgehead atoms. The number of nitrogens with one attached hydrogen (secondary N) is 1. The van der Waals surface area contributed by atoms with E-state index >= 15 is 0 Å². The average Bonchev–Trinajstić information content (AvgIpc) is 2.07. The molecule has 0 aliphatic carbocycles. The minimum Gasteiger partial charge on any atom is -0.383 e. The van der Waals surface area contributed by atoms with Crippen molar-refractivity contribution in [3.8, 4) is 0 Å². The summed E-state index contributed by atoms with van der Waals surface area (Å²) in [4.78, 5) is 0. The number of halogens is 2. The van der Waals surface area contributed by atoms with Gasteiger partial charge in [-0.05, 0) is 30.0 Å². The summed E-state index contributed by atoms with van der Waals surface area (Å²) in [5, 5.41) is 3.10. The number of rotatable bonds is 3. The van der Waals surface area contributed by atoms with Crippen molar-refractivity contribution in [2.75, 3.05) is 11.9 Å². The molecule has 84 valence electrons. The van der Waals surface area contributed by atoms with Crippen LogP contribution in [0.1, 0.15) is 27.2 Å². The van der Waals surface area contributed by atoms with Crippen LogP contribution in [-0.4, -0.2) is 6.54 Å². The summed E-state index contributed by atoms with van der Waals surface area (Å²) in [6, 6.07) is 5.06. The molecule has 1 nitrogen and oxygen atoms in total. The maximum absolute atomic E-state index is 13.4. The van der Waals surface area contributed by atoms with Crippen molar-refractivity contribution >= 4 is 21.6 Å². The molecule has 0 aliphatic heterocycles. The maximum Gasteiger partial charge on any atom is 0.147 e. The van der Waals surface area contributed by atoms with Crippen LogP contribution in [0.2, 0.25) is 0 Å². The smallest absolute Gasteiger partial charge is 0.147 e. The molecule has 15 heavy (non-hydrogen) atoms. The van der Waals surface area contributed by atoms with Gasteiger partial charge < -0.3 is 5.32 Å². The Morgan fingerprint density at radius 1 is 1.33 bits per heavy atom. The number of hydrogen-bond donors (Lipinski definition) is 1. The van der Waals surface area contributed by atoms with Gasteiger partial charge in [-0.2, -0.15) is 0 Å². The van der Waals surface area contributed by atoms with Crippen LogP contribution < -0.4 is 5.32 Å². The standard InChI is InChI=1S/C12H17BrFN/c1-12(2,3)6-7-15-11-5-4-9(13)8-10(11)14/h4-5,8,15H,6-7H2,1-3H3. The fraction of sp³-hybridized carbons (Fsp3) is 0.500. The van der Waals surface area contributed by atoms with Crippen molar-refractivity contribution in [2.24, 2.45) is 5.41 Å². The molecule has 1 aromatic rings. The molecule has 0 saturated carbocycles. The Morgan fingerprint density at radius 3 is 2.53 bits per heavy atom. The summed E-state index contributed by atoms with van der Waals surface area (Å²) >= 11 is 3.23. The van der Waals surface area contributed by atoms with E-state index in [0.29, 0.717) is 5.69 Å². The molecule has 0 fully saturated rings. The SMILES string of the molecule is CC(C)(C)CCNc1ccc(Br)cc1F. The number of hydrogen-bond acceptors (Lipinski definition) is 1. The van der Waals surface area contributed by atoms with Gasteiger partial charge >= 0.3 is 0 Å². The van der Waals surface area contributed by atoms with Gasteiger partial charge in [-0.15, -0.1) is 0 Å². The summed E-state index contributed by atoms with van der Waals surface area (Å²) < 4.78 is 14.1. The van der Waals surface area contributed by atoms with Gasteiger partial charge in [0.05, 0.1) is 5.69 Å². The van der Waals surface area contributed by atoms with Crippen molar-refractivity contribution < 1.29 is 4.39 Å². The fourth-order valence-corrected chi connectivity index (χ4v) is 1.54. The maximum atomic E-state index is 13.4. The van der Waals surface area contributed by atoms with Gasteiger partial charge in [0.1, 0.15) is 5.82 Å². The normalized spacial score (nSPS) is 11.5. The van der Waals surface area contributed by atoms with Crippen LogP contribution in [0.25, 0.3) is 0 Å². The second-order valence-corrected chi connectivity index (χ2v) is 5.78. The molecule has 0 saturated heterocycles. The van der Waals surface area contributed by atoms with Crippen molar-refractivity contribution in [3.63, 3.8) is 0 Å². The van der Waals surface area contributed by atoms with E-state index in [4.69, 9.17) is 0 Å². The summed E-state index contributed by atoms with van der Waals surface area (Å²) in [5.41, 5.74) is 0.848. The van der Waals surface area contributed by atoms with Crippen molar-refractivity contribution in [3.05, 3.63) is 28.5 Å². The van der Waals surface area contributed by atoms with Crippen LogP contribution >= 0.6 is 15.9 Å². The Labute approximate surface area is 99.2 Å². The molecule has 0 amide bonds. The van der Waals surface area contributed by atoms with Crippen LogP contribution in [0.4, 0.5) is 10.1 Å². The quantitative estimate of drug-likeness (QED) is 0.859. The lowest BCUT2D eigenvalue weighted by atomic mass is 9.92. The van der Waals surface area contributed by atoms with Gasteiger partial charge in [0, 0.05) is 11.0 Å². The van der Waals surface area contributed by atoms with E-state index in [1.54, 1.807) is 6.07 Å². The van der Waals surface area contributed by atoms with Crippen molar-refractivity contribution in [1.29, 1.82) is 0 Å². The molecule has 0 aromatic heterocycles. The van der Waals surface area contributed by atoms with Crippen LogP contribution in [0.3, 0.4) is 0 Å². The van der Waals surface area contributed by atoms with Gasteiger partial charge in [0.2, 0.25) is 0 Å². The molecule has 1 N–H and O–H groups in total. The summed E-state index contributed by atoms with van der Waals surface area (Å²) in [7, 11) is 0. The molecule has 0 heterocycles. The molecule has 0 spiro atoms. The third-order valence-electron chi connectivity index (χ3n) is 2.12. The highest BCUT2D eigenvalue weighted by atomic mass is 79.9. The van der Waals surface area contributed by atoms with Crippen molar-refractivity contribution in [1.82, 2.24) is 0 Å². The Bertz CT molecular complexity index is 331. The predicted octanol–water partition coefficient (Wildman–Crippen LogP) is 4.44. The number of benzene rings is 1. The van der Waals surface area contributed by atoms with Crippen LogP contribution in [0, 0.1) is 11.2 Å². The topological polar surface area (TPSA) is 12.0 Å². The minimum atomic E-state index is -0.210. The zero-order chi connectivity index (χ0) is 11.5. The monoisotopic (exact) mass is 273 g/mol. The molecule has 3 heteroatoms. The van der Waals surface area contributed by atoms with Crippen LogP contribution in [0.15, 0.2) is 22.7 Å². The van der Waals surface area contributed by atoms with Crippen LogP contribution in [0.5, 0.6) is 0 Å². The first kappa shape index (κ1) is 12.5. The Balaban J connectivity index is 2.51. The molecular formula is C12H17BrFN. The van der Waals surface area contributed by atoms with Gasteiger partial charge in [0.25, 0.3) is 0 Å². The molecular weight excluding hydrogens is 257 g/mol. The molecule has 0 unspecified atom stereocenters. The lowest BCUT2D eigenvalue weighted by Crippen LogP contribution is -2.13. The first-order chi connectivity index (χ1) is 6.88. The highest BCUT2D eigenvalue weighted by Crippen LogP contribution is 2.21. The zero-order valence-corrected chi connectivity index (χ0v) is 11.0. The molecule has 1 aromatic carbocycles. The lowest BCUT2D eigenvalue weighted by Gasteiger charge is -2.18.